The van der Waals surface area contributed by atoms with Crippen LogP contribution in [-0.4, -0.2) is 40.1 Å². The maximum Gasteiger partial charge on any atom is 0.573 e. The second kappa shape index (κ2) is 13.6. The summed E-state index contributed by atoms with van der Waals surface area (Å²) in [5, 5.41) is 4.03. The summed E-state index contributed by atoms with van der Waals surface area (Å²) in [5.74, 6) is 0.968. The second-order valence-corrected chi connectivity index (χ2v) is 10.2. The topological polar surface area (TPSA) is 109 Å². The highest BCUT2D eigenvalue weighted by molar-refractivity contribution is 5.91. The third-order valence-electron chi connectivity index (χ3n) is 7.17. The van der Waals surface area contributed by atoms with Gasteiger partial charge in [0.15, 0.2) is 0 Å². The zero-order valence-corrected chi connectivity index (χ0v) is 23.9. The Hall–Kier alpha value is -4.28. The number of amides is 1. The Bertz CT molecular complexity index is 1510. The molecule has 1 atom stereocenters. The summed E-state index contributed by atoms with van der Waals surface area (Å²) in [6, 6.07) is 10.7. The minimum absolute atomic E-state index is 0.148. The van der Waals surface area contributed by atoms with Crippen molar-refractivity contribution in [3.05, 3.63) is 65.7 Å². The number of hydrogen-bond donors (Lipinski definition) is 3. The molecule has 3 N–H and O–H groups in total. The zero-order chi connectivity index (χ0) is 30.3. The van der Waals surface area contributed by atoms with Crippen molar-refractivity contribution in [2.75, 3.05) is 7.11 Å². The van der Waals surface area contributed by atoms with Gasteiger partial charge < -0.3 is 24.8 Å². The summed E-state index contributed by atoms with van der Waals surface area (Å²) in [5.41, 5.74) is 3.89. The fraction of sp³-hybridized carbons (Fsp3) is 0.387. The number of carbonyl (C=O) groups is 2. The van der Waals surface area contributed by atoms with E-state index in [0.717, 1.165) is 41.4 Å². The van der Waals surface area contributed by atoms with Gasteiger partial charge in [0.2, 0.25) is 5.91 Å². The molecule has 2 heterocycles. The van der Waals surface area contributed by atoms with Gasteiger partial charge >= 0.3 is 6.36 Å². The van der Waals surface area contributed by atoms with E-state index in [1.165, 1.54) is 24.3 Å². The molecule has 0 fully saturated rings. The van der Waals surface area contributed by atoms with Crippen molar-refractivity contribution in [3.8, 4) is 22.8 Å². The number of Topliss-reactive ketones (excluding diaryl/α,β-unsaturated/α-hetero) is 1. The number of alkyl halides is 3. The van der Waals surface area contributed by atoms with Gasteiger partial charge in [-0.25, -0.2) is 4.98 Å². The van der Waals surface area contributed by atoms with E-state index in [2.05, 4.69) is 25.0 Å². The van der Waals surface area contributed by atoms with E-state index in [-0.39, 0.29) is 23.9 Å². The Morgan fingerprint density at radius 2 is 1.76 bits per heavy atom. The second-order valence-electron chi connectivity index (χ2n) is 10.2. The SMILES string of the molecule is CCC(=O)CCCCC[C@H](NC(=O)Cc1c(C)[nH]c2ccc(OC)cc12)c1ncc(-c2ccc(OC(F)(F)F)cc2)[nH]1. The number of carbonyl (C=O) groups excluding carboxylic acids is 2. The number of aryl methyl sites for hydroxylation is 1. The predicted octanol–water partition coefficient (Wildman–Crippen LogP) is 7.10. The number of unbranched alkanes of at least 4 members (excludes halogenated alkanes) is 2. The molecular formula is C31H35F3N4O4. The smallest absolute Gasteiger partial charge is 0.497 e. The molecule has 0 aliphatic rings. The van der Waals surface area contributed by atoms with Crippen LogP contribution in [0.1, 0.15) is 68.6 Å². The Labute approximate surface area is 242 Å². The maximum atomic E-state index is 13.3. The number of nitrogens with one attached hydrogen (secondary N) is 3. The van der Waals surface area contributed by atoms with Gasteiger partial charge in [-0.2, -0.15) is 0 Å². The summed E-state index contributed by atoms with van der Waals surface area (Å²) in [6.45, 7) is 3.78. The molecule has 0 radical (unpaired) electrons. The van der Waals surface area contributed by atoms with Crippen LogP contribution in [0.4, 0.5) is 13.2 Å². The number of benzene rings is 2. The first kappa shape index (κ1) is 30.7. The number of methoxy groups -OCH3 is 1. The lowest BCUT2D eigenvalue weighted by atomic mass is 10.0. The Kier molecular flexibility index (Phi) is 9.92. The van der Waals surface area contributed by atoms with Crippen LogP contribution < -0.4 is 14.8 Å². The van der Waals surface area contributed by atoms with Gasteiger partial charge in [-0.05, 0) is 73.4 Å². The molecule has 2 aromatic carbocycles. The van der Waals surface area contributed by atoms with Gasteiger partial charge in [-0.3, -0.25) is 9.59 Å². The van der Waals surface area contributed by atoms with Crippen LogP contribution in [0.25, 0.3) is 22.2 Å². The number of fused-ring (bicyclic) bond motifs is 1. The van der Waals surface area contributed by atoms with Crippen molar-refractivity contribution in [2.24, 2.45) is 0 Å². The first-order valence-corrected chi connectivity index (χ1v) is 13.9. The zero-order valence-electron chi connectivity index (χ0n) is 23.9. The third-order valence-corrected chi connectivity index (χ3v) is 7.17. The number of aromatic amines is 2. The monoisotopic (exact) mass is 584 g/mol. The average Bonchev–Trinajstić information content (AvgIpc) is 3.56. The van der Waals surface area contributed by atoms with Gasteiger partial charge in [0, 0.05) is 29.4 Å². The Morgan fingerprint density at radius 1 is 1.02 bits per heavy atom. The van der Waals surface area contributed by atoms with Crippen molar-refractivity contribution >= 4 is 22.6 Å². The molecule has 42 heavy (non-hydrogen) atoms. The number of imidazole rings is 1. The first-order chi connectivity index (χ1) is 20.1. The lowest BCUT2D eigenvalue weighted by Crippen LogP contribution is -2.30. The van der Waals surface area contributed by atoms with Crippen molar-refractivity contribution in [1.29, 1.82) is 0 Å². The van der Waals surface area contributed by atoms with Gasteiger partial charge in [0.25, 0.3) is 0 Å². The molecule has 8 nitrogen and oxygen atoms in total. The molecule has 11 heteroatoms. The summed E-state index contributed by atoms with van der Waals surface area (Å²) in [4.78, 5) is 36.0. The van der Waals surface area contributed by atoms with E-state index in [4.69, 9.17) is 4.74 Å². The number of ketones is 1. The maximum absolute atomic E-state index is 13.3. The van der Waals surface area contributed by atoms with Crippen LogP contribution in [0.5, 0.6) is 11.5 Å². The van der Waals surface area contributed by atoms with E-state index in [1.807, 2.05) is 32.0 Å². The molecule has 224 valence electrons. The molecule has 0 aliphatic carbocycles. The number of aromatic nitrogens is 3. The summed E-state index contributed by atoms with van der Waals surface area (Å²) >= 11 is 0. The van der Waals surface area contributed by atoms with Crippen LogP contribution in [0.3, 0.4) is 0 Å². The van der Waals surface area contributed by atoms with Crippen LogP contribution >= 0.6 is 0 Å². The number of rotatable bonds is 14. The summed E-state index contributed by atoms with van der Waals surface area (Å²) in [6.07, 6.45) is 0.996. The minimum Gasteiger partial charge on any atom is -0.497 e. The van der Waals surface area contributed by atoms with E-state index in [0.29, 0.717) is 42.1 Å². The Morgan fingerprint density at radius 3 is 2.45 bits per heavy atom. The average molecular weight is 585 g/mol. The predicted molar refractivity (Wildman–Crippen MR) is 153 cm³/mol. The molecular weight excluding hydrogens is 549 g/mol. The molecule has 0 saturated heterocycles. The van der Waals surface area contributed by atoms with E-state index < -0.39 is 12.4 Å². The summed E-state index contributed by atoms with van der Waals surface area (Å²) < 4.78 is 46.9. The fourth-order valence-corrected chi connectivity index (χ4v) is 4.92. The molecule has 2 aromatic heterocycles. The molecule has 1 amide bonds. The number of nitrogens with zero attached hydrogens (tertiary/aromatic N) is 1. The van der Waals surface area contributed by atoms with Crippen molar-refractivity contribution in [3.63, 3.8) is 0 Å². The number of halogens is 3. The molecule has 4 rings (SSSR count). The van der Waals surface area contributed by atoms with Crippen LogP contribution in [-0.2, 0) is 16.0 Å². The number of ether oxygens (including phenoxy) is 2. The minimum atomic E-state index is -4.77. The van der Waals surface area contributed by atoms with Crippen LogP contribution in [0.15, 0.2) is 48.7 Å². The first-order valence-electron chi connectivity index (χ1n) is 13.9. The lowest BCUT2D eigenvalue weighted by Gasteiger charge is -2.17. The molecule has 0 bridgehead atoms. The normalized spacial score (nSPS) is 12.3. The van der Waals surface area contributed by atoms with Gasteiger partial charge in [0.1, 0.15) is 23.1 Å². The molecule has 4 aromatic rings. The quantitative estimate of drug-likeness (QED) is 0.137. The highest BCUT2D eigenvalue weighted by Gasteiger charge is 2.31. The van der Waals surface area contributed by atoms with Gasteiger partial charge in [-0.15, -0.1) is 13.2 Å². The van der Waals surface area contributed by atoms with Gasteiger partial charge in [-0.1, -0.05) is 19.8 Å². The standard InChI is InChI=1S/C31H35F3N4O4/c1-4-21(39)8-6-5-7-9-27(30-35-18-28(38-30)20-10-12-22(13-11-20)42-31(32,33)34)37-29(40)17-24-19(2)36-26-15-14-23(41-3)16-25(24)26/h10-16,18,27,36H,4-9,17H2,1-3H3,(H,35,38)(H,37,40)/t27-/m0/s1. The summed E-state index contributed by atoms with van der Waals surface area (Å²) in [7, 11) is 1.60. The van der Waals surface area contributed by atoms with Gasteiger partial charge in [0.05, 0.1) is 31.5 Å². The van der Waals surface area contributed by atoms with Crippen molar-refractivity contribution in [2.45, 2.75) is 71.2 Å². The molecule has 0 saturated carbocycles. The molecule has 0 spiro atoms. The van der Waals surface area contributed by atoms with E-state index in [1.54, 1.807) is 13.3 Å². The fourth-order valence-electron chi connectivity index (χ4n) is 4.92. The highest BCUT2D eigenvalue weighted by atomic mass is 19.4. The van der Waals surface area contributed by atoms with Crippen molar-refractivity contribution < 1.29 is 32.2 Å². The third kappa shape index (κ3) is 8.14. The van der Waals surface area contributed by atoms with Crippen LogP contribution in [0, 0.1) is 6.92 Å². The van der Waals surface area contributed by atoms with E-state index >= 15 is 0 Å². The van der Waals surface area contributed by atoms with Crippen LogP contribution in [0.2, 0.25) is 0 Å². The van der Waals surface area contributed by atoms with E-state index in [9.17, 15) is 22.8 Å². The highest BCUT2D eigenvalue weighted by Crippen LogP contribution is 2.29. The lowest BCUT2D eigenvalue weighted by molar-refractivity contribution is -0.274. The van der Waals surface area contributed by atoms with Crippen molar-refractivity contribution in [1.82, 2.24) is 20.3 Å². The molecule has 0 unspecified atom stereocenters. The largest absolute Gasteiger partial charge is 0.573 e. The Balaban J connectivity index is 1.49. The molecule has 0 aliphatic heterocycles. The number of hydrogen-bond acceptors (Lipinski definition) is 5. The number of H-pyrrole nitrogens is 2.